The minimum Gasteiger partial charge on any atom is -0.326 e. The van der Waals surface area contributed by atoms with Crippen LogP contribution >= 0.6 is 11.6 Å². The molecule has 0 radical (unpaired) electrons. The van der Waals surface area contributed by atoms with Gasteiger partial charge in [0.15, 0.2) is 0 Å². The van der Waals surface area contributed by atoms with E-state index in [1.807, 2.05) is 19.2 Å². The van der Waals surface area contributed by atoms with Gasteiger partial charge in [0.2, 0.25) is 5.91 Å². The number of benzene rings is 1. The summed E-state index contributed by atoms with van der Waals surface area (Å²) in [6, 6.07) is 6.35. The van der Waals surface area contributed by atoms with Crippen LogP contribution in [0.5, 0.6) is 0 Å². The second-order valence-corrected chi connectivity index (χ2v) is 4.34. The SMILES string of the molecule is CNC(CCCl)c1ccc2c(c1)CC(=O)N2. The standard InChI is InChI=1S/C12H15ClN2O/c1-14-10(4-5-13)8-2-3-11-9(6-8)7-12(16)15-11/h2-3,6,10,14H,4-5,7H2,1H3,(H,15,16). The highest BCUT2D eigenvalue weighted by Crippen LogP contribution is 2.27. The first-order valence-electron chi connectivity index (χ1n) is 5.40. The van der Waals surface area contributed by atoms with Crippen LogP contribution in [0.4, 0.5) is 5.69 Å². The van der Waals surface area contributed by atoms with E-state index in [2.05, 4.69) is 16.7 Å². The minimum absolute atomic E-state index is 0.0745. The van der Waals surface area contributed by atoms with E-state index < -0.39 is 0 Å². The van der Waals surface area contributed by atoms with Gasteiger partial charge in [-0.3, -0.25) is 4.79 Å². The maximum absolute atomic E-state index is 11.2. The molecule has 1 unspecified atom stereocenters. The first-order chi connectivity index (χ1) is 7.74. The lowest BCUT2D eigenvalue weighted by molar-refractivity contribution is -0.115. The third-order valence-corrected chi connectivity index (χ3v) is 3.12. The number of nitrogens with one attached hydrogen (secondary N) is 2. The van der Waals surface area contributed by atoms with Gasteiger partial charge in [-0.05, 0) is 30.7 Å². The van der Waals surface area contributed by atoms with Crippen molar-refractivity contribution in [3.05, 3.63) is 29.3 Å². The minimum atomic E-state index is 0.0745. The Morgan fingerprint density at radius 3 is 3.06 bits per heavy atom. The van der Waals surface area contributed by atoms with Crippen LogP contribution in [0.25, 0.3) is 0 Å². The van der Waals surface area contributed by atoms with E-state index in [0.29, 0.717) is 12.3 Å². The third kappa shape index (κ3) is 2.20. The van der Waals surface area contributed by atoms with Crippen molar-refractivity contribution in [2.24, 2.45) is 0 Å². The molecule has 0 bridgehead atoms. The van der Waals surface area contributed by atoms with Gasteiger partial charge in [0.25, 0.3) is 0 Å². The van der Waals surface area contributed by atoms with Gasteiger partial charge < -0.3 is 10.6 Å². The molecule has 0 saturated carbocycles. The summed E-state index contributed by atoms with van der Waals surface area (Å²) in [6.07, 6.45) is 1.37. The number of carbonyl (C=O) groups excluding carboxylic acids is 1. The number of anilines is 1. The Morgan fingerprint density at radius 1 is 1.56 bits per heavy atom. The molecule has 4 heteroatoms. The first kappa shape index (κ1) is 11.4. The number of alkyl halides is 1. The normalized spacial score (nSPS) is 15.8. The Kier molecular flexibility index (Phi) is 3.46. The maximum Gasteiger partial charge on any atom is 0.228 e. The number of amides is 1. The van der Waals surface area contributed by atoms with Crippen molar-refractivity contribution in [3.63, 3.8) is 0 Å². The van der Waals surface area contributed by atoms with E-state index in [0.717, 1.165) is 17.7 Å². The predicted octanol–water partition coefficient (Wildman–Crippen LogP) is 2.07. The van der Waals surface area contributed by atoms with Crippen LogP contribution in [0.15, 0.2) is 18.2 Å². The fourth-order valence-electron chi connectivity index (χ4n) is 2.05. The number of carbonyl (C=O) groups is 1. The largest absolute Gasteiger partial charge is 0.326 e. The Labute approximate surface area is 100 Å². The number of hydrogen-bond acceptors (Lipinski definition) is 2. The zero-order valence-corrected chi connectivity index (χ0v) is 9.97. The lowest BCUT2D eigenvalue weighted by Gasteiger charge is -2.16. The highest BCUT2D eigenvalue weighted by atomic mass is 35.5. The highest BCUT2D eigenvalue weighted by molar-refractivity contribution is 6.17. The van der Waals surface area contributed by atoms with Gasteiger partial charge in [-0.2, -0.15) is 0 Å². The van der Waals surface area contributed by atoms with E-state index in [9.17, 15) is 4.79 Å². The summed E-state index contributed by atoms with van der Waals surface area (Å²) in [5, 5.41) is 6.06. The molecule has 0 aromatic heterocycles. The van der Waals surface area contributed by atoms with Crippen molar-refractivity contribution in [2.45, 2.75) is 18.9 Å². The molecule has 1 aliphatic rings. The zero-order chi connectivity index (χ0) is 11.5. The van der Waals surface area contributed by atoms with Gasteiger partial charge in [0.1, 0.15) is 0 Å². The average molecular weight is 239 g/mol. The van der Waals surface area contributed by atoms with Crippen molar-refractivity contribution in [1.82, 2.24) is 5.32 Å². The zero-order valence-electron chi connectivity index (χ0n) is 9.22. The molecule has 86 valence electrons. The van der Waals surface area contributed by atoms with Crippen LogP contribution in [0.2, 0.25) is 0 Å². The fourth-order valence-corrected chi connectivity index (χ4v) is 2.27. The van der Waals surface area contributed by atoms with Crippen molar-refractivity contribution in [3.8, 4) is 0 Å². The van der Waals surface area contributed by atoms with Crippen LogP contribution in [-0.2, 0) is 11.2 Å². The summed E-state index contributed by atoms with van der Waals surface area (Å²) >= 11 is 5.76. The molecular formula is C12H15ClN2O. The van der Waals surface area contributed by atoms with Gasteiger partial charge in [0.05, 0.1) is 6.42 Å². The quantitative estimate of drug-likeness (QED) is 0.789. The molecule has 16 heavy (non-hydrogen) atoms. The molecule has 1 amide bonds. The van der Waals surface area contributed by atoms with Gasteiger partial charge in [-0.15, -0.1) is 11.6 Å². The number of rotatable bonds is 4. The van der Waals surface area contributed by atoms with Crippen LogP contribution in [0, 0.1) is 0 Å². The van der Waals surface area contributed by atoms with E-state index in [1.54, 1.807) is 0 Å². The molecular weight excluding hydrogens is 224 g/mol. The Bertz CT molecular complexity index is 406. The summed E-state index contributed by atoms with van der Waals surface area (Å²) in [6.45, 7) is 0. The monoisotopic (exact) mass is 238 g/mol. The smallest absolute Gasteiger partial charge is 0.228 e. The molecule has 1 aromatic carbocycles. The fraction of sp³-hybridized carbons (Fsp3) is 0.417. The summed E-state index contributed by atoms with van der Waals surface area (Å²) in [7, 11) is 1.92. The highest BCUT2D eigenvalue weighted by Gasteiger charge is 2.19. The number of halogens is 1. The van der Waals surface area contributed by atoms with Gasteiger partial charge >= 0.3 is 0 Å². The first-order valence-corrected chi connectivity index (χ1v) is 5.94. The predicted molar refractivity (Wildman–Crippen MR) is 65.9 cm³/mol. The van der Waals surface area contributed by atoms with Crippen LogP contribution in [-0.4, -0.2) is 18.8 Å². The molecule has 0 aliphatic carbocycles. The molecule has 0 spiro atoms. The maximum atomic E-state index is 11.2. The Balaban J connectivity index is 2.24. The molecule has 2 rings (SSSR count). The molecule has 0 saturated heterocycles. The summed E-state index contributed by atoms with van der Waals surface area (Å²) in [5.41, 5.74) is 3.21. The lowest BCUT2D eigenvalue weighted by Crippen LogP contribution is -2.16. The van der Waals surface area contributed by atoms with Crippen molar-refractivity contribution in [2.75, 3.05) is 18.2 Å². The molecule has 2 N–H and O–H groups in total. The molecule has 1 aromatic rings. The number of hydrogen-bond donors (Lipinski definition) is 2. The van der Waals surface area contributed by atoms with Crippen LogP contribution in [0.3, 0.4) is 0 Å². The third-order valence-electron chi connectivity index (χ3n) is 2.90. The second kappa shape index (κ2) is 4.85. The molecule has 1 heterocycles. The Hall–Kier alpha value is -1.06. The van der Waals surface area contributed by atoms with Gasteiger partial charge in [-0.1, -0.05) is 12.1 Å². The van der Waals surface area contributed by atoms with Gasteiger partial charge in [0, 0.05) is 17.6 Å². The summed E-state index contributed by atoms with van der Waals surface area (Å²) < 4.78 is 0. The van der Waals surface area contributed by atoms with Gasteiger partial charge in [-0.25, -0.2) is 0 Å². The average Bonchev–Trinajstić information content (AvgIpc) is 2.64. The van der Waals surface area contributed by atoms with Crippen LogP contribution < -0.4 is 10.6 Å². The van der Waals surface area contributed by atoms with E-state index in [-0.39, 0.29) is 11.9 Å². The Morgan fingerprint density at radius 2 is 2.38 bits per heavy atom. The van der Waals surface area contributed by atoms with Crippen molar-refractivity contribution in [1.29, 1.82) is 0 Å². The summed E-state index contributed by atoms with van der Waals surface area (Å²) in [4.78, 5) is 11.2. The molecule has 1 atom stereocenters. The van der Waals surface area contributed by atoms with E-state index in [1.165, 1.54) is 5.56 Å². The van der Waals surface area contributed by atoms with Crippen molar-refractivity contribution >= 4 is 23.2 Å². The summed E-state index contributed by atoms with van der Waals surface area (Å²) in [5.74, 6) is 0.699. The van der Waals surface area contributed by atoms with Crippen LogP contribution in [0.1, 0.15) is 23.6 Å². The molecule has 1 aliphatic heterocycles. The van der Waals surface area contributed by atoms with Crippen molar-refractivity contribution < 1.29 is 4.79 Å². The van der Waals surface area contributed by atoms with E-state index in [4.69, 9.17) is 11.6 Å². The molecule has 3 nitrogen and oxygen atoms in total. The lowest BCUT2D eigenvalue weighted by atomic mass is 10.0. The van der Waals surface area contributed by atoms with E-state index >= 15 is 0 Å². The molecule has 0 fully saturated rings. The number of fused-ring (bicyclic) bond motifs is 1. The topological polar surface area (TPSA) is 41.1 Å². The second-order valence-electron chi connectivity index (χ2n) is 3.96.